The van der Waals surface area contributed by atoms with Crippen molar-refractivity contribution in [3.05, 3.63) is 47.8 Å². The molecule has 1 aromatic rings. The molecule has 0 fully saturated rings. The Balaban J connectivity index is 1.09. The number of carbonyl (C=O) groups excluding carboxylic acids is 4. The van der Waals surface area contributed by atoms with Crippen molar-refractivity contribution in [2.45, 2.75) is 58.1 Å². The van der Waals surface area contributed by atoms with Crippen LogP contribution >= 0.6 is 95.6 Å². The van der Waals surface area contributed by atoms with Crippen LogP contribution in [0.25, 0.3) is 0 Å². The van der Waals surface area contributed by atoms with Gasteiger partial charge in [-0.05, 0) is 93.6 Å². The highest BCUT2D eigenvalue weighted by atomic mass is 79.9. The number of ether oxygens (including phenoxy) is 1. The molecule has 1 aromatic carbocycles. The Morgan fingerprint density at radius 1 is 0.840 bits per heavy atom. The summed E-state index contributed by atoms with van der Waals surface area (Å²) < 4.78 is 6.94. The Morgan fingerprint density at radius 2 is 1.28 bits per heavy atom. The fourth-order valence-electron chi connectivity index (χ4n) is 5.31. The standard InChI is InChI=1S/C29H26Br6N4O11/c30-12-1-10(18(41)8-37-27(47)17-6-29(50-39-17)4-15(33)22(43)20(35)25(29)45)2-13(31)23(12)48-9-11(40)7-36-26(46)16-5-28(49-38-16)3-14(32)21(42)19(34)24(28)44/h1-4,11,18-20,24-25,40-41,44-45H,5-9H2,(H,36,46)(H,37,47)/t11?,18?,19-,20-,24+,25+,28-,29-/m1/s1. The molecule has 2 heterocycles. The van der Waals surface area contributed by atoms with E-state index in [9.17, 15) is 39.6 Å². The van der Waals surface area contributed by atoms with Crippen LogP contribution in [0.3, 0.4) is 0 Å². The van der Waals surface area contributed by atoms with Crippen molar-refractivity contribution < 1.29 is 54.0 Å². The number of benzene rings is 1. The second-order valence-electron chi connectivity index (χ2n) is 11.6. The first-order valence-electron chi connectivity index (χ1n) is 14.5. The zero-order valence-electron chi connectivity index (χ0n) is 25.1. The van der Waals surface area contributed by atoms with E-state index in [0.717, 1.165) is 0 Å². The molecule has 15 nitrogen and oxygen atoms in total. The molecule has 0 aromatic heterocycles. The molecule has 0 saturated heterocycles. The van der Waals surface area contributed by atoms with Crippen LogP contribution in [0.5, 0.6) is 5.75 Å². The maximum Gasteiger partial charge on any atom is 0.269 e. The summed E-state index contributed by atoms with van der Waals surface area (Å²) in [5.74, 6) is -1.72. The van der Waals surface area contributed by atoms with Gasteiger partial charge in [0.25, 0.3) is 11.8 Å². The Hall–Kier alpha value is -1.56. The van der Waals surface area contributed by atoms with E-state index < -0.39 is 57.1 Å². The second kappa shape index (κ2) is 15.8. The largest absolute Gasteiger partial charge is 0.488 e. The summed E-state index contributed by atoms with van der Waals surface area (Å²) >= 11 is 19.3. The fraction of sp³-hybridized carbons (Fsp3) is 0.448. The molecule has 0 bridgehead atoms. The van der Waals surface area contributed by atoms with E-state index in [1.807, 2.05) is 0 Å². The van der Waals surface area contributed by atoms with Crippen LogP contribution in [-0.4, -0.2) is 114 Å². The number of rotatable bonds is 10. The zero-order valence-corrected chi connectivity index (χ0v) is 34.6. The monoisotopic (exact) mass is 1080 g/mol. The van der Waals surface area contributed by atoms with Gasteiger partial charge in [0.15, 0.2) is 22.8 Å². The van der Waals surface area contributed by atoms with Crippen LogP contribution in [0.4, 0.5) is 0 Å². The normalized spacial score (nSPS) is 30.1. The van der Waals surface area contributed by atoms with Gasteiger partial charge in [0, 0.05) is 25.9 Å². The number of hydrogen-bond acceptors (Lipinski definition) is 13. The highest BCUT2D eigenvalue weighted by Crippen LogP contribution is 2.41. The molecule has 2 aliphatic carbocycles. The van der Waals surface area contributed by atoms with E-state index in [1.54, 1.807) is 12.1 Å². The number of aliphatic hydroxyl groups is 4. The quantitative estimate of drug-likeness (QED) is 0.187. The fourth-order valence-corrected chi connectivity index (χ4v) is 10.0. The summed E-state index contributed by atoms with van der Waals surface area (Å²) in [4.78, 5) is 58.6. The molecule has 0 saturated carbocycles. The topological polar surface area (TPSA) is 226 Å². The molecule has 270 valence electrons. The Labute approximate surface area is 334 Å². The van der Waals surface area contributed by atoms with E-state index >= 15 is 0 Å². The van der Waals surface area contributed by atoms with E-state index in [1.165, 1.54) is 12.2 Å². The first kappa shape index (κ1) is 39.6. The summed E-state index contributed by atoms with van der Waals surface area (Å²) in [6.45, 7) is -0.653. The molecule has 4 aliphatic rings. The molecule has 2 spiro atoms. The molecule has 21 heteroatoms. The lowest BCUT2D eigenvalue weighted by Gasteiger charge is -2.34. The van der Waals surface area contributed by atoms with Crippen molar-refractivity contribution in [1.29, 1.82) is 0 Å². The molecule has 2 unspecified atom stereocenters. The van der Waals surface area contributed by atoms with Crippen molar-refractivity contribution in [2.24, 2.45) is 10.3 Å². The number of allylic oxidation sites excluding steroid dienone is 2. The molecule has 5 rings (SSSR count). The highest BCUT2D eigenvalue weighted by Gasteiger charge is 2.54. The Kier molecular flexibility index (Phi) is 12.5. The molecular weight excluding hydrogens is 1060 g/mol. The second-order valence-corrected chi connectivity index (χ2v) is 17.0. The van der Waals surface area contributed by atoms with Gasteiger partial charge in [-0.1, -0.05) is 42.2 Å². The lowest BCUT2D eigenvalue weighted by molar-refractivity contribution is -0.125. The van der Waals surface area contributed by atoms with Gasteiger partial charge in [-0.3, -0.25) is 19.2 Å². The maximum absolute atomic E-state index is 12.8. The predicted octanol–water partition coefficient (Wildman–Crippen LogP) is 2.22. The summed E-state index contributed by atoms with van der Waals surface area (Å²) in [5, 5.41) is 55.2. The van der Waals surface area contributed by atoms with E-state index in [4.69, 9.17) is 14.4 Å². The number of nitrogens with zero attached hydrogens (tertiary/aromatic N) is 2. The number of amides is 2. The van der Waals surface area contributed by atoms with Crippen molar-refractivity contribution >= 4 is 130 Å². The zero-order chi connectivity index (χ0) is 36.7. The smallest absolute Gasteiger partial charge is 0.269 e. The van der Waals surface area contributed by atoms with Crippen LogP contribution in [0.2, 0.25) is 0 Å². The molecule has 0 radical (unpaired) electrons. The number of Topliss-reactive ketones (excluding diaryl/α,β-unsaturated/α-hetero) is 2. The van der Waals surface area contributed by atoms with Crippen LogP contribution in [0.1, 0.15) is 24.5 Å². The number of aliphatic hydroxyl groups excluding tert-OH is 4. The summed E-state index contributed by atoms with van der Waals surface area (Å²) in [5.41, 5.74) is -2.48. The van der Waals surface area contributed by atoms with E-state index in [2.05, 4.69) is 117 Å². The van der Waals surface area contributed by atoms with Gasteiger partial charge >= 0.3 is 0 Å². The van der Waals surface area contributed by atoms with Crippen molar-refractivity contribution in [3.8, 4) is 5.75 Å². The molecule has 8 atom stereocenters. The van der Waals surface area contributed by atoms with Crippen LogP contribution in [0.15, 0.2) is 52.5 Å². The van der Waals surface area contributed by atoms with Gasteiger partial charge in [0.05, 0.1) is 24.0 Å². The van der Waals surface area contributed by atoms with Crippen LogP contribution in [0, 0.1) is 0 Å². The van der Waals surface area contributed by atoms with Gasteiger partial charge in [0.1, 0.15) is 51.7 Å². The minimum Gasteiger partial charge on any atom is -0.488 e. The van der Waals surface area contributed by atoms with E-state index in [-0.39, 0.29) is 64.5 Å². The Bertz CT molecular complexity index is 1720. The number of ketones is 2. The van der Waals surface area contributed by atoms with Gasteiger partial charge in [-0.15, -0.1) is 0 Å². The third-order valence-corrected chi connectivity index (χ3v) is 12.4. The SMILES string of the molecule is O=C(NCC(O)COc1c(Br)cc(C(O)CNC(=O)C2=NO[C@]3(C=C(Br)C(=O)[C@@H](Br)[C@@H]3O)C2)cc1Br)C1=NO[C@]2(C=C(Br)C(=O)[C@@H](Br)[C@@H]2O)C1. The summed E-state index contributed by atoms with van der Waals surface area (Å²) in [6.07, 6.45) is -2.36. The van der Waals surface area contributed by atoms with Gasteiger partial charge in [0.2, 0.25) is 0 Å². The van der Waals surface area contributed by atoms with Crippen LogP contribution in [-0.2, 0) is 28.9 Å². The van der Waals surface area contributed by atoms with Crippen molar-refractivity contribution in [2.75, 3.05) is 19.7 Å². The first-order valence-corrected chi connectivity index (χ1v) is 19.5. The number of nitrogens with one attached hydrogen (secondary N) is 2. The van der Waals surface area contributed by atoms with Gasteiger partial charge in [-0.25, -0.2) is 0 Å². The third kappa shape index (κ3) is 8.01. The minimum atomic E-state index is -1.41. The predicted molar refractivity (Wildman–Crippen MR) is 198 cm³/mol. The number of oxime groups is 2. The number of halogens is 6. The molecular formula is C29H26Br6N4O11. The number of alkyl halides is 2. The lowest BCUT2D eigenvalue weighted by Crippen LogP contribution is -2.52. The van der Waals surface area contributed by atoms with E-state index in [0.29, 0.717) is 20.3 Å². The average molecular weight is 1090 g/mol. The number of hydrogen-bond donors (Lipinski definition) is 6. The van der Waals surface area contributed by atoms with Crippen LogP contribution < -0.4 is 15.4 Å². The molecule has 2 aliphatic heterocycles. The molecule has 2 amide bonds. The minimum absolute atomic E-state index is 0.0323. The molecule has 6 N–H and O–H groups in total. The van der Waals surface area contributed by atoms with Crippen molar-refractivity contribution in [3.63, 3.8) is 0 Å². The van der Waals surface area contributed by atoms with Gasteiger partial charge in [-0.2, -0.15) is 0 Å². The maximum atomic E-state index is 12.8. The third-order valence-electron chi connectivity index (χ3n) is 8.11. The summed E-state index contributed by atoms with van der Waals surface area (Å²) in [7, 11) is 0. The average Bonchev–Trinajstić information content (AvgIpc) is 3.71. The number of carbonyl (C=O) groups is 4. The van der Waals surface area contributed by atoms with Crippen molar-refractivity contribution in [1.82, 2.24) is 10.6 Å². The highest BCUT2D eigenvalue weighted by molar-refractivity contribution is 9.12. The first-order chi connectivity index (χ1) is 23.5. The summed E-state index contributed by atoms with van der Waals surface area (Å²) in [6, 6.07) is 3.13. The lowest BCUT2D eigenvalue weighted by atomic mass is 9.83. The Morgan fingerprint density at radius 3 is 1.74 bits per heavy atom. The molecule has 50 heavy (non-hydrogen) atoms. The van der Waals surface area contributed by atoms with Gasteiger partial charge < -0.3 is 45.5 Å².